The van der Waals surface area contributed by atoms with Crippen LogP contribution in [-0.2, 0) is 6.54 Å². The molecule has 0 saturated carbocycles. The first kappa shape index (κ1) is 14.7. The molecule has 6 heteroatoms. The van der Waals surface area contributed by atoms with Crippen molar-refractivity contribution >= 4 is 17.4 Å². The molecule has 0 radical (unpaired) electrons. The molecule has 1 heterocycles. The van der Waals surface area contributed by atoms with Gasteiger partial charge in [-0.15, -0.1) is 11.8 Å². The lowest BCUT2D eigenvalue weighted by molar-refractivity contribution is -0.105. The zero-order chi connectivity index (χ0) is 14.4. The monoisotopic (exact) mass is 298 g/mol. The molecule has 0 aliphatic rings. The summed E-state index contributed by atoms with van der Waals surface area (Å²) in [6.07, 6.45) is -0.800. The van der Waals surface area contributed by atoms with Gasteiger partial charge in [-0.1, -0.05) is 12.1 Å². The zero-order valence-electron chi connectivity index (χ0n) is 10.5. The summed E-state index contributed by atoms with van der Waals surface area (Å²) < 4.78 is 36.8. The average Bonchev–Trinajstić information content (AvgIpc) is 2.44. The number of nitrogens with zero attached hydrogens (tertiary/aromatic N) is 1. The van der Waals surface area contributed by atoms with Gasteiger partial charge in [0.25, 0.3) is 0 Å². The van der Waals surface area contributed by atoms with Crippen molar-refractivity contribution in [1.29, 1.82) is 0 Å². The van der Waals surface area contributed by atoms with Gasteiger partial charge in [0, 0.05) is 29.5 Å². The van der Waals surface area contributed by atoms with Crippen molar-refractivity contribution < 1.29 is 13.2 Å². The summed E-state index contributed by atoms with van der Waals surface area (Å²) in [6.45, 7) is 0.548. The van der Waals surface area contributed by atoms with Gasteiger partial charge in [-0.3, -0.25) is 4.98 Å². The lowest BCUT2D eigenvalue weighted by Crippen LogP contribution is -2.11. The highest BCUT2D eigenvalue weighted by Crippen LogP contribution is 2.32. The molecule has 20 heavy (non-hydrogen) atoms. The minimum absolute atomic E-state index is 0.548. The van der Waals surface area contributed by atoms with Gasteiger partial charge in [-0.05, 0) is 29.8 Å². The van der Waals surface area contributed by atoms with Crippen LogP contribution in [0.1, 0.15) is 5.56 Å². The van der Waals surface area contributed by atoms with Gasteiger partial charge in [0.15, 0.2) is 0 Å². The molecule has 0 spiro atoms. The van der Waals surface area contributed by atoms with E-state index >= 15 is 0 Å². The lowest BCUT2D eigenvalue weighted by atomic mass is 10.2. The predicted octanol–water partition coefficient (Wildman–Crippen LogP) is 4.35. The molecule has 1 N–H and O–H groups in total. The van der Waals surface area contributed by atoms with Crippen LogP contribution in [-0.4, -0.2) is 16.9 Å². The Labute approximate surface area is 119 Å². The van der Waals surface area contributed by atoms with Gasteiger partial charge in [-0.25, -0.2) is 0 Å². The number of nitrogens with one attached hydrogen (secondary N) is 1. The Hall–Kier alpha value is -1.69. The Morgan fingerprint density at radius 3 is 2.45 bits per heavy atom. The molecule has 0 unspecified atom stereocenters. The third kappa shape index (κ3) is 4.77. The Morgan fingerprint density at radius 2 is 1.75 bits per heavy atom. The van der Waals surface area contributed by atoms with E-state index in [0.29, 0.717) is 17.1 Å². The maximum atomic E-state index is 12.3. The van der Waals surface area contributed by atoms with E-state index in [9.17, 15) is 13.2 Å². The van der Waals surface area contributed by atoms with Crippen LogP contribution >= 0.6 is 11.8 Å². The van der Waals surface area contributed by atoms with Crippen molar-refractivity contribution in [3.05, 3.63) is 54.4 Å². The number of rotatable bonds is 5. The van der Waals surface area contributed by atoms with E-state index in [1.54, 1.807) is 36.7 Å². The molecule has 2 rings (SSSR count). The maximum Gasteiger partial charge on any atom is 0.398 e. The number of para-hydroxylation sites is 1. The summed E-state index contributed by atoms with van der Waals surface area (Å²) in [7, 11) is 0. The highest BCUT2D eigenvalue weighted by Gasteiger charge is 2.27. The third-order valence-electron chi connectivity index (χ3n) is 2.51. The van der Waals surface area contributed by atoms with E-state index < -0.39 is 11.9 Å². The Balaban J connectivity index is 2.01. The van der Waals surface area contributed by atoms with Crippen LogP contribution in [0.4, 0.5) is 18.9 Å². The molecule has 0 amide bonds. The molecule has 0 saturated heterocycles. The van der Waals surface area contributed by atoms with Crippen molar-refractivity contribution in [3.63, 3.8) is 0 Å². The number of hydrogen-bond acceptors (Lipinski definition) is 3. The van der Waals surface area contributed by atoms with Crippen LogP contribution in [0, 0.1) is 0 Å². The quantitative estimate of drug-likeness (QED) is 0.831. The molecule has 106 valence electrons. The molecule has 2 aromatic rings. The average molecular weight is 298 g/mol. The van der Waals surface area contributed by atoms with Gasteiger partial charge < -0.3 is 5.32 Å². The Morgan fingerprint density at radius 1 is 1.05 bits per heavy atom. The van der Waals surface area contributed by atoms with Gasteiger partial charge in [0.2, 0.25) is 0 Å². The summed E-state index contributed by atoms with van der Waals surface area (Å²) in [5.41, 5.74) is 1.73. The van der Waals surface area contributed by atoms with Crippen molar-refractivity contribution in [2.45, 2.75) is 17.6 Å². The minimum atomic E-state index is -4.16. The molecule has 1 aromatic carbocycles. The highest BCUT2D eigenvalue weighted by atomic mass is 32.2. The minimum Gasteiger partial charge on any atom is -0.380 e. The molecule has 1 aromatic heterocycles. The van der Waals surface area contributed by atoms with E-state index in [-0.39, 0.29) is 0 Å². The topological polar surface area (TPSA) is 24.9 Å². The zero-order valence-corrected chi connectivity index (χ0v) is 11.3. The van der Waals surface area contributed by atoms with Gasteiger partial charge in [0.05, 0.1) is 5.75 Å². The molecule has 0 aliphatic carbocycles. The highest BCUT2D eigenvalue weighted by molar-refractivity contribution is 7.99. The standard InChI is InChI=1S/C14H13F3N2S/c15-14(16,17)10-20-13-4-2-1-3-12(13)19-9-11-5-7-18-8-6-11/h1-8,19H,9-10H2. The van der Waals surface area contributed by atoms with Crippen molar-refractivity contribution in [2.75, 3.05) is 11.1 Å². The van der Waals surface area contributed by atoms with Crippen LogP contribution in [0.5, 0.6) is 0 Å². The maximum absolute atomic E-state index is 12.3. The first-order chi connectivity index (χ1) is 9.54. The second kappa shape index (κ2) is 6.65. The summed E-state index contributed by atoms with van der Waals surface area (Å²) in [5, 5.41) is 3.15. The van der Waals surface area contributed by atoms with Crippen molar-refractivity contribution in [2.24, 2.45) is 0 Å². The van der Waals surface area contributed by atoms with E-state index in [0.717, 1.165) is 17.3 Å². The number of pyridine rings is 1. The smallest absolute Gasteiger partial charge is 0.380 e. The van der Waals surface area contributed by atoms with Crippen LogP contribution in [0.15, 0.2) is 53.7 Å². The number of anilines is 1. The van der Waals surface area contributed by atoms with Crippen LogP contribution in [0.2, 0.25) is 0 Å². The van der Waals surface area contributed by atoms with Crippen LogP contribution in [0.3, 0.4) is 0 Å². The first-order valence-corrected chi connectivity index (χ1v) is 6.94. The number of thioether (sulfide) groups is 1. The fourth-order valence-electron chi connectivity index (χ4n) is 1.60. The summed E-state index contributed by atoms with van der Waals surface area (Å²) in [4.78, 5) is 4.51. The van der Waals surface area contributed by atoms with E-state index in [1.165, 1.54) is 0 Å². The molecule has 2 nitrogen and oxygen atoms in total. The molecule has 0 fully saturated rings. The van der Waals surface area contributed by atoms with Gasteiger partial charge in [0.1, 0.15) is 0 Å². The van der Waals surface area contributed by atoms with E-state index in [2.05, 4.69) is 10.3 Å². The second-order valence-electron chi connectivity index (χ2n) is 4.11. The normalized spacial score (nSPS) is 11.3. The predicted molar refractivity (Wildman–Crippen MR) is 74.8 cm³/mol. The summed E-state index contributed by atoms with van der Waals surface area (Å²) >= 11 is 0.789. The number of alkyl halides is 3. The van der Waals surface area contributed by atoms with E-state index in [1.807, 2.05) is 12.1 Å². The first-order valence-electron chi connectivity index (χ1n) is 5.96. The van der Waals surface area contributed by atoms with Crippen LogP contribution in [0.25, 0.3) is 0 Å². The summed E-state index contributed by atoms with van der Waals surface area (Å²) in [6, 6.07) is 10.7. The molecule has 0 bridgehead atoms. The number of benzene rings is 1. The number of hydrogen-bond donors (Lipinski definition) is 1. The number of halogens is 3. The molecular formula is C14H13F3N2S. The summed E-state index contributed by atoms with van der Waals surface area (Å²) in [5.74, 6) is -0.888. The largest absolute Gasteiger partial charge is 0.398 e. The SMILES string of the molecule is FC(F)(F)CSc1ccccc1NCc1ccncc1. The fraction of sp³-hybridized carbons (Fsp3) is 0.214. The van der Waals surface area contributed by atoms with E-state index in [4.69, 9.17) is 0 Å². The molecule has 0 atom stereocenters. The van der Waals surface area contributed by atoms with Crippen molar-refractivity contribution in [1.82, 2.24) is 4.98 Å². The van der Waals surface area contributed by atoms with Crippen LogP contribution < -0.4 is 5.32 Å². The molecule has 0 aliphatic heterocycles. The lowest BCUT2D eigenvalue weighted by Gasteiger charge is -2.12. The number of aromatic nitrogens is 1. The second-order valence-corrected chi connectivity index (χ2v) is 5.13. The third-order valence-corrected chi connectivity index (χ3v) is 3.65. The molecular weight excluding hydrogens is 285 g/mol. The van der Waals surface area contributed by atoms with Gasteiger partial charge in [-0.2, -0.15) is 13.2 Å². The fourth-order valence-corrected chi connectivity index (χ4v) is 2.39. The van der Waals surface area contributed by atoms with Gasteiger partial charge >= 0.3 is 6.18 Å². The Kier molecular flexibility index (Phi) is 4.89. The Bertz CT molecular complexity index is 544. The van der Waals surface area contributed by atoms with Crippen molar-refractivity contribution in [3.8, 4) is 0 Å².